The predicted octanol–water partition coefficient (Wildman–Crippen LogP) is 0.861. The fourth-order valence-corrected chi connectivity index (χ4v) is 1.33. The first-order valence-electron chi connectivity index (χ1n) is 4.70. The van der Waals surface area contributed by atoms with E-state index in [2.05, 4.69) is 0 Å². The van der Waals surface area contributed by atoms with Crippen LogP contribution < -0.4 is 10.6 Å². The van der Waals surface area contributed by atoms with Crippen molar-refractivity contribution in [1.82, 2.24) is 0 Å². The van der Waals surface area contributed by atoms with E-state index in [1.807, 2.05) is 18.0 Å². The van der Waals surface area contributed by atoms with Crippen LogP contribution in [-0.2, 0) is 0 Å². The molecule has 0 saturated heterocycles. The summed E-state index contributed by atoms with van der Waals surface area (Å²) < 4.78 is 0. The number of nitriles is 1. The molecule has 0 fully saturated rings. The van der Waals surface area contributed by atoms with Crippen molar-refractivity contribution in [3.63, 3.8) is 0 Å². The first-order chi connectivity index (χ1) is 7.60. The molecule has 0 aliphatic rings. The Morgan fingerprint density at radius 1 is 1.62 bits per heavy atom. The molecule has 0 radical (unpaired) electrons. The number of nitro benzene ring substituents is 1. The zero-order chi connectivity index (χ0) is 12.1. The van der Waals surface area contributed by atoms with E-state index in [1.54, 1.807) is 6.07 Å². The molecule has 2 N–H and O–H groups in total. The second kappa shape index (κ2) is 5.09. The van der Waals surface area contributed by atoms with Crippen LogP contribution in [0.4, 0.5) is 11.4 Å². The molecular formula is C10H12N4O2. The monoisotopic (exact) mass is 220 g/mol. The van der Waals surface area contributed by atoms with Gasteiger partial charge in [-0.25, -0.2) is 0 Å². The number of rotatable bonds is 4. The molecule has 84 valence electrons. The van der Waals surface area contributed by atoms with Crippen LogP contribution in [0.15, 0.2) is 18.2 Å². The number of nitro groups is 1. The van der Waals surface area contributed by atoms with Crippen LogP contribution in [-0.4, -0.2) is 25.1 Å². The first kappa shape index (κ1) is 11.9. The van der Waals surface area contributed by atoms with E-state index in [1.165, 1.54) is 12.1 Å². The van der Waals surface area contributed by atoms with E-state index in [9.17, 15) is 10.1 Å². The lowest BCUT2D eigenvalue weighted by molar-refractivity contribution is -0.385. The highest BCUT2D eigenvalue weighted by Crippen LogP contribution is 2.23. The van der Waals surface area contributed by atoms with Crippen LogP contribution in [0.2, 0.25) is 0 Å². The van der Waals surface area contributed by atoms with Gasteiger partial charge < -0.3 is 10.6 Å². The second-order valence-corrected chi connectivity index (χ2v) is 3.28. The van der Waals surface area contributed by atoms with E-state index in [4.69, 9.17) is 11.0 Å². The highest BCUT2D eigenvalue weighted by atomic mass is 16.6. The topological polar surface area (TPSA) is 96.2 Å². The van der Waals surface area contributed by atoms with Gasteiger partial charge in [-0.05, 0) is 12.1 Å². The zero-order valence-corrected chi connectivity index (χ0v) is 8.88. The molecule has 0 saturated carbocycles. The standard InChI is InChI=1S/C10H12N4O2/c1-13(5-4-11)9-2-3-10(14(15)16)8(6-9)7-12/h2-3,6H,4-5,11H2,1H3. The predicted molar refractivity (Wildman–Crippen MR) is 60.1 cm³/mol. The Morgan fingerprint density at radius 2 is 2.31 bits per heavy atom. The third-order valence-corrected chi connectivity index (χ3v) is 2.20. The third-order valence-electron chi connectivity index (χ3n) is 2.20. The molecule has 0 aliphatic carbocycles. The fraction of sp³-hybridized carbons (Fsp3) is 0.300. The summed E-state index contributed by atoms with van der Waals surface area (Å²) in [5.41, 5.74) is 6.03. The average molecular weight is 220 g/mol. The number of anilines is 1. The summed E-state index contributed by atoms with van der Waals surface area (Å²) in [7, 11) is 1.81. The van der Waals surface area contributed by atoms with Gasteiger partial charge in [0.05, 0.1) is 4.92 Å². The number of nitrogens with two attached hydrogens (primary N) is 1. The summed E-state index contributed by atoms with van der Waals surface area (Å²) in [5.74, 6) is 0. The van der Waals surface area contributed by atoms with E-state index in [0.717, 1.165) is 5.69 Å². The molecule has 0 amide bonds. The Morgan fingerprint density at radius 3 is 2.81 bits per heavy atom. The van der Waals surface area contributed by atoms with Crippen molar-refractivity contribution in [3.05, 3.63) is 33.9 Å². The van der Waals surface area contributed by atoms with Crippen LogP contribution in [0.3, 0.4) is 0 Å². The summed E-state index contributed by atoms with van der Waals surface area (Å²) in [4.78, 5) is 11.9. The molecule has 0 aliphatic heterocycles. The minimum absolute atomic E-state index is 0.0615. The maximum Gasteiger partial charge on any atom is 0.287 e. The maximum atomic E-state index is 10.6. The van der Waals surface area contributed by atoms with Gasteiger partial charge in [0.15, 0.2) is 0 Å². The number of hydrogen-bond donors (Lipinski definition) is 1. The van der Waals surface area contributed by atoms with Crippen LogP contribution in [0.5, 0.6) is 0 Å². The highest BCUT2D eigenvalue weighted by Gasteiger charge is 2.14. The van der Waals surface area contributed by atoms with Crippen LogP contribution in [0.1, 0.15) is 5.56 Å². The fourth-order valence-electron chi connectivity index (χ4n) is 1.33. The number of benzene rings is 1. The third kappa shape index (κ3) is 2.46. The van der Waals surface area contributed by atoms with Crippen molar-refractivity contribution in [3.8, 4) is 6.07 Å². The van der Waals surface area contributed by atoms with Gasteiger partial charge in [-0.2, -0.15) is 5.26 Å². The summed E-state index contributed by atoms with van der Waals surface area (Å²) >= 11 is 0. The number of nitrogens with zero attached hydrogens (tertiary/aromatic N) is 3. The van der Waals surface area contributed by atoms with Crippen molar-refractivity contribution in [2.24, 2.45) is 5.73 Å². The van der Waals surface area contributed by atoms with Crippen LogP contribution in [0, 0.1) is 21.4 Å². The Balaban J connectivity index is 3.10. The molecule has 6 nitrogen and oxygen atoms in total. The average Bonchev–Trinajstić information content (AvgIpc) is 2.28. The quantitative estimate of drug-likeness (QED) is 0.599. The Kier molecular flexibility index (Phi) is 3.80. The van der Waals surface area contributed by atoms with Gasteiger partial charge in [-0.3, -0.25) is 10.1 Å². The SMILES string of the molecule is CN(CCN)c1ccc([N+](=O)[O-])c(C#N)c1. The van der Waals surface area contributed by atoms with Crippen molar-refractivity contribution in [2.75, 3.05) is 25.0 Å². The van der Waals surface area contributed by atoms with Crippen molar-refractivity contribution >= 4 is 11.4 Å². The highest BCUT2D eigenvalue weighted by molar-refractivity contribution is 5.59. The molecule has 1 rings (SSSR count). The van der Waals surface area contributed by atoms with Crippen LogP contribution in [0.25, 0.3) is 0 Å². The van der Waals surface area contributed by atoms with Gasteiger partial charge in [-0.15, -0.1) is 0 Å². The van der Waals surface area contributed by atoms with Gasteiger partial charge in [0.25, 0.3) is 5.69 Å². The van der Waals surface area contributed by atoms with E-state index < -0.39 is 4.92 Å². The molecule has 1 aromatic rings. The van der Waals surface area contributed by atoms with Gasteiger partial charge in [0.1, 0.15) is 11.6 Å². The minimum atomic E-state index is -0.564. The van der Waals surface area contributed by atoms with Crippen molar-refractivity contribution < 1.29 is 4.92 Å². The molecule has 0 aromatic heterocycles. The first-order valence-corrected chi connectivity index (χ1v) is 4.70. The molecular weight excluding hydrogens is 208 g/mol. The second-order valence-electron chi connectivity index (χ2n) is 3.28. The Hall–Kier alpha value is -2.13. The molecule has 0 atom stereocenters. The summed E-state index contributed by atoms with van der Waals surface area (Å²) in [6.07, 6.45) is 0. The molecule has 6 heteroatoms. The van der Waals surface area contributed by atoms with E-state index in [-0.39, 0.29) is 11.3 Å². The Bertz CT molecular complexity index is 439. The smallest absolute Gasteiger partial charge is 0.287 e. The molecule has 0 spiro atoms. The van der Waals surface area contributed by atoms with Gasteiger partial charge in [0.2, 0.25) is 0 Å². The van der Waals surface area contributed by atoms with Crippen molar-refractivity contribution in [1.29, 1.82) is 5.26 Å². The lowest BCUT2D eigenvalue weighted by Crippen LogP contribution is -2.24. The lowest BCUT2D eigenvalue weighted by atomic mass is 10.1. The van der Waals surface area contributed by atoms with Crippen molar-refractivity contribution in [2.45, 2.75) is 0 Å². The van der Waals surface area contributed by atoms with Crippen LogP contribution >= 0.6 is 0 Å². The largest absolute Gasteiger partial charge is 0.373 e. The molecule has 1 aromatic carbocycles. The van der Waals surface area contributed by atoms with E-state index in [0.29, 0.717) is 13.1 Å². The molecule has 0 heterocycles. The summed E-state index contributed by atoms with van der Waals surface area (Å²) in [5, 5.41) is 19.4. The zero-order valence-electron chi connectivity index (χ0n) is 8.88. The molecule has 16 heavy (non-hydrogen) atoms. The summed E-state index contributed by atoms with van der Waals surface area (Å²) in [6, 6.07) is 6.25. The number of likely N-dealkylation sites (N-methyl/N-ethyl adjacent to an activating group) is 1. The minimum Gasteiger partial charge on any atom is -0.373 e. The van der Waals surface area contributed by atoms with Gasteiger partial charge in [-0.1, -0.05) is 0 Å². The van der Waals surface area contributed by atoms with Gasteiger partial charge >= 0.3 is 0 Å². The molecule has 0 bridgehead atoms. The Labute approximate surface area is 93.0 Å². The normalized spacial score (nSPS) is 9.56. The summed E-state index contributed by atoms with van der Waals surface area (Å²) in [6.45, 7) is 1.11. The van der Waals surface area contributed by atoms with Gasteiger partial charge in [0, 0.05) is 31.9 Å². The number of hydrogen-bond acceptors (Lipinski definition) is 5. The maximum absolute atomic E-state index is 10.6. The lowest BCUT2D eigenvalue weighted by Gasteiger charge is -2.18. The van der Waals surface area contributed by atoms with E-state index >= 15 is 0 Å². The molecule has 0 unspecified atom stereocenters.